The van der Waals surface area contributed by atoms with Gasteiger partial charge < -0.3 is 20.3 Å². The van der Waals surface area contributed by atoms with Crippen LogP contribution >= 0.6 is 15.9 Å². The van der Waals surface area contributed by atoms with Crippen molar-refractivity contribution in [3.8, 4) is 5.75 Å². The highest BCUT2D eigenvalue weighted by atomic mass is 79.9. The molecule has 3 N–H and O–H groups in total. The molecule has 0 heterocycles. The maximum Gasteiger partial charge on any atom is 0.414 e. The van der Waals surface area contributed by atoms with Gasteiger partial charge in [0.15, 0.2) is 0 Å². The molecule has 1 rings (SSSR count). The molecule has 0 saturated carbocycles. The van der Waals surface area contributed by atoms with Crippen LogP contribution in [0.5, 0.6) is 5.75 Å². The summed E-state index contributed by atoms with van der Waals surface area (Å²) >= 11 is 3.48. The molecule has 0 bridgehead atoms. The van der Waals surface area contributed by atoms with Crippen molar-refractivity contribution in [1.82, 2.24) is 5.32 Å². The van der Waals surface area contributed by atoms with Crippen LogP contribution in [0.4, 0.5) is 0 Å². The number of hydrogen-bond acceptors (Lipinski definition) is 4. The Labute approximate surface area is 125 Å². The number of hydrogen-bond donors (Lipinski definition) is 3. The molecule has 0 unspecified atom stereocenters. The summed E-state index contributed by atoms with van der Waals surface area (Å²) in [6.45, 7) is 3.81. The summed E-state index contributed by atoms with van der Waals surface area (Å²) < 4.78 is 6.64. The summed E-state index contributed by atoms with van der Waals surface area (Å²) in [5, 5.41) is 17.9. The Morgan fingerprint density at radius 2 is 1.90 bits per heavy atom. The predicted octanol–water partition coefficient (Wildman–Crippen LogP) is 1.90. The van der Waals surface area contributed by atoms with Gasteiger partial charge >= 0.3 is 11.9 Å². The molecule has 1 aromatic carbocycles. The Hall–Kier alpha value is -1.60. The quantitative estimate of drug-likeness (QED) is 0.556. The largest absolute Gasteiger partial charge is 0.492 e. The molecule has 7 heteroatoms. The standard InChI is InChI=1S/C11H16BrNO.C2H2O4/c1-9-4-5-11(10(12)8-9)14-7-3-6-13-2;3-1(4)2(5)6/h4-5,8,13H,3,6-7H2,1-2H3;(H,3,4)(H,5,6). The average molecular weight is 348 g/mol. The maximum atomic E-state index is 9.10. The molecular weight excluding hydrogens is 330 g/mol. The van der Waals surface area contributed by atoms with Gasteiger partial charge in [0.2, 0.25) is 0 Å². The lowest BCUT2D eigenvalue weighted by molar-refractivity contribution is -0.159. The van der Waals surface area contributed by atoms with E-state index in [2.05, 4.69) is 40.3 Å². The van der Waals surface area contributed by atoms with Gasteiger partial charge in [0.25, 0.3) is 0 Å². The number of benzene rings is 1. The molecule has 1 aromatic rings. The lowest BCUT2D eigenvalue weighted by atomic mass is 10.2. The number of ether oxygens (including phenoxy) is 1. The van der Waals surface area contributed by atoms with Crippen LogP contribution in [-0.4, -0.2) is 42.4 Å². The Morgan fingerprint density at radius 1 is 1.30 bits per heavy atom. The number of carbonyl (C=O) groups is 2. The number of rotatable bonds is 5. The molecule has 0 fully saturated rings. The Kier molecular flexibility index (Phi) is 9.40. The third-order valence-corrected chi connectivity index (χ3v) is 2.72. The second-order valence-corrected chi connectivity index (χ2v) is 4.70. The Morgan fingerprint density at radius 3 is 2.35 bits per heavy atom. The highest BCUT2D eigenvalue weighted by Crippen LogP contribution is 2.25. The van der Waals surface area contributed by atoms with Gasteiger partial charge in [0.05, 0.1) is 11.1 Å². The summed E-state index contributed by atoms with van der Waals surface area (Å²) in [5.74, 6) is -2.73. The number of carboxylic acids is 2. The molecule has 0 aliphatic carbocycles. The number of aryl methyl sites for hydroxylation is 1. The van der Waals surface area contributed by atoms with E-state index in [1.165, 1.54) is 5.56 Å². The summed E-state index contributed by atoms with van der Waals surface area (Å²) in [4.78, 5) is 18.2. The van der Waals surface area contributed by atoms with Crippen molar-refractivity contribution < 1.29 is 24.5 Å². The molecular formula is C13H18BrNO5. The molecule has 112 valence electrons. The molecule has 6 nitrogen and oxygen atoms in total. The number of halogens is 1. The first-order valence-electron chi connectivity index (χ1n) is 5.88. The van der Waals surface area contributed by atoms with Crippen LogP contribution in [0.25, 0.3) is 0 Å². The third-order valence-electron chi connectivity index (χ3n) is 2.10. The number of carboxylic acid groups (broad SMARTS) is 2. The van der Waals surface area contributed by atoms with E-state index in [1.54, 1.807) is 0 Å². The smallest absolute Gasteiger partial charge is 0.414 e. The van der Waals surface area contributed by atoms with Crippen LogP contribution in [0.1, 0.15) is 12.0 Å². The minimum Gasteiger partial charge on any atom is -0.492 e. The van der Waals surface area contributed by atoms with Crippen LogP contribution < -0.4 is 10.1 Å². The predicted molar refractivity (Wildman–Crippen MR) is 78.2 cm³/mol. The molecule has 0 aliphatic rings. The number of nitrogens with one attached hydrogen (secondary N) is 1. The second kappa shape index (κ2) is 10.2. The molecule has 0 saturated heterocycles. The van der Waals surface area contributed by atoms with Crippen molar-refractivity contribution in [2.24, 2.45) is 0 Å². The first-order chi connectivity index (χ1) is 9.38. The molecule has 0 aliphatic heterocycles. The van der Waals surface area contributed by atoms with Crippen molar-refractivity contribution in [3.05, 3.63) is 28.2 Å². The van der Waals surface area contributed by atoms with Gasteiger partial charge in [-0.1, -0.05) is 6.07 Å². The van der Waals surface area contributed by atoms with E-state index in [0.29, 0.717) is 0 Å². The lowest BCUT2D eigenvalue weighted by Crippen LogP contribution is -2.11. The SMILES string of the molecule is CNCCCOc1ccc(C)cc1Br.O=C(O)C(=O)O. The van der Waals surface area contributed by atoms with Crippen molar-refractivity contribution in [3.63, 3.8) is 0 Å². The molecule has 0 amide bonds. The molecule has 0 atom stereocenters. The van der Waals surface area contributed by atoms with Crippen LogP contribution in [0.3, 0.4) is 0 Å². The second-order valence-electron chi connectivity index (χ2n) is 3.85. The third kappa shape index (κ3) is 8.49. The van der Waals surface area contributed by atoms with E-state index in [4.69, 9.17) is 24.5 Å². The van der Waals surface area contributed by atoms with Gasteiger partial charge in [-0.2, -0.15) is 0 Å². The van der Waals surface area contributed by atoms with Crippen molar-refractivity contribution in [1.29, 1.82) is 0 Å². The first-order valence-corrected chi connectivity index (χ1v) is 6.67. The van der Waals surface area contributed by atoms with Gasteiger partial charge in [0, 0.05) is 0 Å². The van der Waals surface area contributed by atoms with Gasteiger partial charge in [-0.15, -0.1) is 0 Å². The summed E-state index contributed by atoms with van der Waals surface area (Å²) in [6.07, 6.45) is 1.02. The summed E-state index contributed by atoms with van der Waals surface area (Å²) in [7, 11) is 1.95. The summed E-state index contributed by atoms with van der Waals surface area (Å²) in [5.41, 5.74) is 1.24. The van der Waals surface area contributed by atoms with Gasteiger partial charge in [0.1, 0.15) is 5.75 Å². The first kappa shape index (κ1) is 18.4. The highest BCUT2D eigenvalue weighted by molar-refractivity contribution is 9.10. The van der Waals surface area contributed by atoms with E-state index < -0.39 is 11.9 Å². The molecule has 20 heavy (non-hydrogen) atoms. The zero-order valence-electron chi connectivity index (χ0n) is 11.4. The van der Waals surface area contributed by atoms with Crippen molar-refractivity contribution in [2.45, 2.75) is 13.3 Å². The highest BCUT2D eigenvalue weighted by Gasteiger charge is 2.04. The minimum absolute atomic E-state index is 0.752. The van der Waals surface area contributed by atoms with Crippen molar-refractivity contribution >= 4 is 27.9 Å². The number of aliphatic carboxylic acids is 2. The van der Waals surface area contributed by atoms with Crippen LogP contribution in [0.2, 0.25) is 0 Å². The fourth-order valence-electron chi connectivity index (χ4n) is 1.15. The van der Waals surface area contributed by atoms with Gasteiger partial charge in [-0.25, -0.2) is 9.59 Å². The Balaban J connectivity index is 0.000000511. The average Bonchev–Trinajstić information content (AvgIpc) is 2.37. The van der Waals surface area contributed by atoms with Crippen LogP contribution in [0.15, 0.2) is 22.7 Å². The van der Waals surface area contributed by atoms with E-state index >= 15 is 0 Å². The van der Waals surface area contributed by atoms with E-state index in [1.807, 2.05) is 13.1 Å². The molecule has 0 spiro atoms. The zero-order valence-corrected chi connectivity index (χ0v) is 12.9. The van der Waals surface area contributed by atoms with Gasteiger partial charge in [-0.3, -0.25) is 0 Å². The zero-order chi connectivity index (χ0) is 15.5. The fraction of sp³-hybridized carbons (Fsp3) is 0.385. The normalized spacial score (nSPS) is 9.35. The summed E-state index contributed by atoms with van der Waals surface area (Å²) in [6, 6.07) is 6.12. The molecule has 0 aromatic heterocycles. The van der Waals surface area contributed by atoms with E-state index in [-0.39, 0.29) is 0 Å². The van der Waals surface area contributed by atoms with Crippen LogP contribution in [0, 0.1) is 6.92 Å². The van der Waals surface area contributed by atoms with Crippen molar-refractivity contribution in [2.75, 3.05) is 20.2 Å². The molecule has 0 radical (unpaired) electrons. The van der Waals surface area contributed by atoms with Crippen LogP contribution in [-0.2, 0) is 9.59 Å². The van der Waals surface area contributed by atoms with E-state index in [9.17, 15) is 0 Å². The topological polar surface area (TPSA) is 95.9 Å². The minimum atomic E-state index is -1.82. The maximum absolute atomic E-state index is 9.10. The van der Waals surface area contributed by atoms with Gasteiger partial charge in [-0.05, 0) is 60.6 Å². The monoisotopic (exact) mass is 347 g/mol. The Bertz CT molecular complexity index is 438. The fourth-order valence-corrected chi connectivity index (χ4v) is 1.76. The van der Waals surface area contributed by atoms with E-state index in [0.717, 1.165) is 29.8 Å². The lowest BCUT2D eigenvalue weighted by Gasteiger charge is -2.08.